The Labute approximate surface area is 149 Å². The Morgan fingerprint density at radius 1 is 1.24 bits per heavy atom. The number of aryl methyl sites for hydroxylation is 2. The minimum atomic E-state index is 0.126. The van der Waals surface area contributed by atoms with Crippen molar-refractivity contribution < 1.29 is 4.74 Å². The summed E-state index contributed by atoms with van der Waals surface area (Å²) in [5.74, 6) is 2.90. The zero-order valence-electron chi connectivity index (χ0n) is 15.6. The molecule has 5 nitrogen and oxygen atoms in total. The monoisotopic (exact) mass is 338 g/mol. The number of ether oxygens (including phenoxy) is 1. The van der Waals surface area contributed by atoms with E-state index in [0.717, 1.165) is 41.7 Å². The molecule has 0 aromatic heterocycles. The topological polar surface area (TPSA) is 40.1 Å². The Morgan fingerprint density at radius 2 is 2.00 bits per heavy atom. The Bertz CT molecular complexity index is 804. The maximum absolute atomic E-state index is 6.30. The summed E-state index contributed by atoms with van der Waals surface area (Å²) < 4.78 is 6.30. The summed E-state index contributed by atoms with van der Waals surface area (Å²) in [5, 5.41) is 1.95. The van der Waals surface area contributed by atoms with Crippen LogP contribution in [0.15, 0.2) is 41.0 Å². The SMILES string of the molecule is CCC(CC)N=C1NN(C)C2=C3C1C=CN3c1c(C)cc(C)cc1O2. The number of anilines is 1. The molecule has 4 rings (SSSR count). The van der Waals surface area contributed by atoms with Gasteiger partial charge >= 0.3 is 0 Å². The summed E-state index contributed by atoms with van der Waals surface area (Å²) in [5.41, 5.74) is 8.16. The lowest BCUT2D eigenvalue weighted by Crippen LogP contribution is -2.51. The number of hydrogen-bond donors (Lipinski definition) is 1. The second-order valence-corrected chi connectivity index (χ2v) is 7.07. The van der Waals surface area contributed by atoms with Crippen molar-refractivity contribution in [2.75, 3.05) is 11.9 Å². The van der Waals surface area contributed by atoms with Gasteiger partial charge in [-0.3, -0.25) is 15.4 Å². The van der Waals surface area contributed by atoms with Crippen molar-refractivity contribution in [1.82, 2.24) is 10.4 Å². The van der Waals surface area contributed by atoms with Gasteiger partial charge in [-0.05, 0) is 43.9 Å². The maximum atomic E-state index is 6.30. The van der Waals surface area contributed by atoms with Crippen LogP contribution in [0.5, 0.6) is 5.75 Å². The molecule has 0 saturated heterocycles. The number of hydrazine groups is 1. The van der Waals surface area contributed by atoms with Crippen molar-refractivity contribution in [2.24, 2.45) is 10.9 Å². The lowest BCUT2D eigenvalue weighted by Gasteiger charge is -2.40. The number of nitrogens with one attached hydrogen (secondary N) is 1. The zero-order chi connectivity index (χ0) is 17.7. The quantitative estimate of drug-likeness (QED) is 0.909. The van der Waals surface area contributed by atoms with Gasteiger partial charge in [0, 0.05) is 13.2 Å². The van der Waals surface area contributed by atoms with Gasteiger partial charge in [0.2, 0.25) is 5.88 Å². The number of hydrogen-bond acceptors (Lipinski definition) is 4. The summed E-state index contributed by atoms with van der Waals surface area (Å²) in [4.78, 5) is 7.25. The van der Waals surface area contributed by atoms with Gasteiger partial charge in [0.05, 0.1) is 23.3 Å². The van der Waals surface area contributed by atoms with E-state index in [1.165, 1.54) is 11.1 Å². The maximum Gasteiger partial charge on any atom is 0.235 e. The molecule has 132 valence electrons. The van der Waals surface area contributed by atoms with E-state index < -0.39 is 0 Å². The molecule has 3 heterocycles. The molecule has 0 saturated carbocycles. The number of fused-ring (bicyclic) bond motifs is 2. The van der Waals surface area contributed by atoms with Crippen LogP contribution in [0.2, 0.25) is 0 Å². The molecule has 1 aromatic rings. The first-order chi connectivity index (χ1) is 12.0. The van der Waals surface area contributed by atoms with Crippen LogP contribution in [0.1, 0.15) is 37.8 Å². The van der Waals surface area contributed by atoms with E-state index in [4.69, 9.17) is 9.73 Å². The summed E-state index contributed by atoms with van der Waals surface area (Å²) >= 11 is 0. The van der Waals surface area contributed by atoms with Crippen LogP contribution in [0.4, 0.5) is 5.69 Å². The fraction of sp³-hybridized carbons (Fsp3) is 0.450. The van der Waals surface area contributed by atoms with E-state index in [1.807, 2.05) is 12.1 Å². The summed E-state index contributed by atoms with van der Waals surface area (Å²) in [6, 6.07) is 4.66. The molecule has 1 N–H and O–H groups in total. The molecule has 1 atom stereocenters. The first-order valence-corrected chi connectivity index (χ1v) is 9.12. The van der Waals surface area contributed by atoms with Gasteiger partial charge in [-0.1, -0.05) is 26.0 Å². The molecular formula is C20H26N4O. The third-order valence-corrected chi connectivity index (χ3v) is 5.20. The van der Waals surface area contributed by atoms with Gasteiger partial charge in [-0.2, -0.15) is 0 Å². The molecule has 0 aliphatic carbocycles. The third-order valence-electron chi connectivity index (χ3n) is 5.20. The average Bonchev–Trinajstić information content (AvgIpc) is 3.01. The van der Waals surface area contributed by atoms with Crippen LogP contribution < -0.4 is 15.1 Å². The van der Waals surface area contributed by atoms with Crippen molar-refractivity contribution in [3.63, 3.8) is 0 Å². The van der Waals surface area contributed by atoms with Gasteiger partial charge < -0.3 is 9.64 Å². The Hall–Kier alpha value is -2.43. The fourth-order valence-corrected chi connectivity index (χ4v) is 3.92. The molecule has 0 amide bonds. The van der Waals surface area contributed by atoms with Crippen molar-refractivity contribution in [3.05, 3.63) is 47.1 Å². The molecule has 0 radical (unpaired) electrons. The predicted molar refractivity (Wildman–Crippen MR) is 101 cm³/mol. The van der Waals surface area contributed by atoms with E-state index in [1.54, 1.807) is 0 Å². The van der Waals surface area contributed by atoms with Crippen molar-refractivity contribution >= 4 is 11.5 Å². The molecule has 1 unspecified atom stereocenters. The highest BCUT2D eigenvalue weighted by molar-refractivity contribution is 5.93. The van der Waals surface area contributed by atoms with E-state index in [-0.39, 0.29) is 5.92 Å². The van der Waals surface area contributed by atoms with Gasteiger partial charge in [-0.15, -0.1) is 0 Å². The van der Waals surface area contributed by atoms with Crippen molar-refractivity contribution in [2.45, 2.75) is 46.6 Å². The smallest absolute Gasteiger partial charge is 0.235 e. The van der Waals surface area contributed by atoms with Crippen LogP contribution in [-0.2, 0) is 0 Å². The van der Waals surface area contributed by atoms with Gasteiger partial charge in [-0.25, -0.2) is 0 Å². The van der Waals surface area contributed by atoms with Gasteiger partial charge in [0.25, 0.3) is 0 Å². The van der Waals surface area contributed by atoms with E-state index in [2.05, 4.69) is 62.4 Å². The molecule has 0 fully saturated rings. The molecule has 5 heteroatoms. The fourth-order valence-electron chi connectivity index (χ4n) is 3.92. The van der Waals surface area contributed by atoms with Gasteiger partial charge in [0.1, 0.15) is 5.84 Å². The number of aliphatic imine (C=N–C) groups is 1. The summed E-state index contributed by atoms with van der Waals surface area (Å²) in [7, 11) is 1.99. The van der Waals surface area contributed by atoms with E-state index >= 15 is 0 Å². The lowest BCUT2D eigenvalue weighted by molar-refractivity contribution is 0.199. The predicted octanol–water partition coefficient (Wildman–Crippen LogP) is 3.85. The van der Waals surface area contributed by atoms with Gasteiger partial charge in [0.15, 0.2) is 5.75 Å². The Balaban J connectivity index is 1.80. The number of benzene rings is 1. The normalized spacial score (nSPS) is 22.3. The van der Waals surface area contributed by atoms with Crippen LogP contribution in [-0.4, -0.2) is 23.9 Å². The first kappa shape index (κ1) is 16.1. The van der Waals surface area contributed by atoms with Crippen LogP contribution >= 0.6 is 0 Å². The molecule has 3 aliphatic heterocycles. The molecule has 0 bridgehead atoms. The molecular weight excluding hydrogens is 312 g/mol. The highest BCUT2D eigenvalue weighted by Gasteiger charge is 2.42. The summed E-state index contributed by atoms with van der Waals surface area (Å²) in [6.45, 7) is 8.63. The second-order valence-electron chi connectivity index (χ2n) is 7.07. The second kappa shape index (κ2) is 5.83. The van der Waals surface area contributed by atoms with E-state index in [9.17, 15) is 0 Å². The number of amidine groups is 1. The van der Waals surface area contributed by atoms with Crippen LogP contribution in [0, 0.1) is 19.8 Å². The van der Waals surface area contributed by atoms with Crippen LogP contribution in [0.3, 0.4) is 0 Å². The Kier molecular flexibility index (Phi) is 3.74. The zero-order valence-corrected chi connectivity index (χ0v) is 15.6. The van der Waals surface area contributed by atoms with Crippen molar-refractivity contribution in [1.29, 1.82) is 0 Å². The standard InChI is InChI=1S/C20H26N4O/c1-6-14(7-2)21-19-15-8-9-24-17-13(4)10-12(3)11-16(17)25-20(18(15)24)23(5)22-19/h8-11,14-15H,6-7H2,1-5H3,(H,21,22). The van der Waals surface area contributed by atoms with Crippen molar-refractivity contribution in [3.8, 4) is 5.75 Å². The number of rotatable bonds is 3. The number of nitrogens with zero attached hydrogens (tertiary/aromatic N) is 3. The summed E-state index contributed by atoms with van der Waals surface area (Å²) in [6.07, 6.45) is 6.48. The molecule has 0 spiro atoms. The highest BCUT2D eigenvalue weighted by Crippen LogP contribution is 2.47. The average molecular weight is 338 g/mol. The minimum Gasteiger partial charge on any atom is -0.435 e. The lowest BCUT2D eigenvalue weighted by atomic mass is 10.0. The highest BCUT2D eigenvalue weighted by atomic mass is 16.5. The van der Waals surface area contributed by atoms with Crippen LogP contribution in [0.25, 0.3) is 0 Å². The molecule has 1 aromatic carbocycles. The molecule has 3 aliphatic rings. The Morgan fingerprint density at radius 3 is 2.72 bits per heavy atom. The molecule has 25 heavy (non-hydrogen) atoms. The third kappa shape index (κ3) is 2.41. The van der Waals surface area contributed by atoms with E-state index in [0.29, 0.717) is 6.04 Å². The first-order valence-electron chi connectivity index (χ1n) is 9.12. The largest absolute Gasteiger partial charge is 0.435 e. The minimum absolute atomic E-state index is 0.126.